The maximum atomic E-state index is 4.63. The molecule has 4 heteroatoms. The molecule has 1 fully saturated rings. The Morgan fingerprint density at radius 3 is 2.95 bits per heavy atom. The van der Waals surface area contributed by atoms with Crippen LogP contribution in [-0.4, -0.2) is 35.1 Å². The molecule has 104 valence electrons. The first-order valence-corrected chi connectivity index (χ1v) is 7.66. The molecule has 0 aromatic carbocycles. The first-order chi connectivity index (χ1) is 9.33. The highest BCUT2D eigenvalue weighted by atomic mass is 15.3. The summed E-state index contributed by atoms with van der Waals surface area (Å²) in [6, 6.07) is 1.16. The molecule has 1 aliphatic carbocycles. The molecule has 4 nitrogen and oxygen atoms in total. The molecule has 19 heavy (non-hydrogen) atoms. The molecule has 0 spiro atoms. The molecule has 0 amide bonds. The lowest BCUT2D eigenvalue weighted by atomic mass is 10.0. The van der Waals surface area contributed by atoms with Crippen molar-refractivity contribution in [3.05, 3.63) is 17.6 Å². The third-order valence-corrected chi connectivity index (χ3v) is 4.59. The molecule has 2 aliphatic rings. The smallest absolute Gasteiger partial charge is 0.135 e. The minimum atomic E-state index is 0.572. The van der Waals surface area contributed by atoms with E-state index < -0.39 is 0 Å². The van der Waals surface area contributed by atoms with Gasteiger partial charge in [0.05, 0.1) is 0 Å². The molecular formula is C15H24N4. The summed E-state index contributed by atoms with van der Waals surface area (Å²) in [5.41, 5.74) is 2.70. The monoisotopic (exact) mass is 260 g/mol. The average molecular weight is 260 g/mol. The summed E-state index contributed by atoms with van der Waals surface area (Å²) >= 11 is 0. The topological polar surface area (TPSA) is 41.1 Å². The second kappa shape index (κ2) is 5.45. The maximum Gasteiger partial charge on any atom is 0.135 e. The zero-order chi connectivity index (χ0) is 13.2. The summed E-state index contributed by atoms with van der Waals surface area (Å²) in [6.45, 7) is 6.69. The van der Waals surface area contributed by atoms with E-state index in [9.17, 15) is 0 Å². The van der Waals surface area contributed by atoms with Crippen LogP contribution < -0.4 is 10.2 Å². The maximum absolute atomic E-state index is 4.63. The average Bonchev–Trinajstić information content (AvgIpc) is 2.94. The van der Waals surface area contributed by atoms with Crippen LogP contribution in [0.5, 0.6) is 0 Å². The molecule has 0 radical (unpaired) electrons. The van der Waals surface area contributed by atoms with Gasteiger partial charge in [0.2, 0.25) is 0 Å². The van der Waals surface area contributed by atoms with E-state index in [0.29, 0.717) is 12.1 Å². The summed E-state index contributed by atoms with van der Waals surface area (Å²) < 4.78 is 0. The van der Waals surface area contributed by atoms with Gasteiger partial charge in [-0.2, -0.15) is 0 Å². The van der Waals surface area contributed by atoms with E-state index in [1.54, 1.807) is 6.33 Å². The van der Waals surface area contributed by atoms with Crippen molar-refractivity contribution < 1.29 is 0 Å². The van der Waals surface area contributed by atoms with Crippen LogP contribution in [0.15, 0.2) is 6.33 Å². The lowest BCUT2D eigenvalue weighted by Crippen LogP contribution is -2.56. The van der Waals surface area contributed by atoms with Crippen LogP contribution >= 0.6 is 0 Å². The molecule has 1 aromatic heterocycles. The van der Waals surface area contributed by atoms with Gasteiger partial charge in [0, 0.05) is 36.4 Å². The quantitative estimate of drug-likeness (QED) is 0.901. The van der Waals surface area contributed by atoms with Gasteiger partial charge >= 0.3 is 0 Å². The third-order valence-electron chi connectivity index (χ3n) is 4.59. The van der Waals surface area contributed by atoms with Crippen molar-refractivity contribution in [2.45, 2.75) is 58.0 Å². The summed E-state index contributed by atoms with van der Waals surface area (Å²) in [5.74, 6) is 1.22. The fourth-order valence-electron chi connectivity index (χ4n) is 3.35. The van der Waals surface area contributed by atoms with Crippen LogP contribution in [0.3, 0.4) is 0 Å². The van der Waals surface area contributed by atoms with E-state index >= 15 is 0 Å². The standard InChI is InChI=1S/C15H24N4/c1-3-11-9-19(12(4-2)8-16-11)15-13-6-5-7-14(13)17-10-18-15/h10-12,16H,3-9H2,1-2H3. The Kier molecular flexibility index (Phi) is 3.69. The third kappa shape index (κ3) is 2.34. The van der Waals surface area contributed by atoms with Crippen molar-refractivity contribution in [3.8, 4) is 0 Å². The van der Waals surface area contributed by atoms with Gasteiger partial charge in [-0.05, 0) is 32.1 Å². The minimum Gasteiger partial charge on any atom is -0.350 e. The highest BCUT2D eigenvalue weighted by Crippen LogP contribution is 2.30. The summed E-state index contributed by atoms with van der Waals surface area (Å²) in [5, 5.41) is 3.65. The van der Waals surface area contributed by atoms with Crippen LogP contribution in [0.1, 0.15) is 44.4 Å². The number of piperazine rings is 1. The van der Waals surface area contributed by atoms with E-state index in [2.05, 4.69) is 34.0 Å². The molecule has 1 N–H and O–H groups in total. The van der Waals surface area contributed by atoms with Gasteiger partial charge in [0.15, 0.2) is 0 Å². The first kappa shape index (κ1) is 12.9. The van der Waals surface area contributed by atoms with E-state index in [1.165, 1.54) is 36.3 Å². The molecule has 2 atom stereocenters. The number of aromatic nitrogens is 2. The number of fused-ring (bicyclic) bond motifs is 1. The Balaban J connectivity index is 1.92. The van der Waals surface area contributed by atoms with Crippen molar-refractivity contribution >= 4 is 5.82 Å². The molecule has 1 saturated heterocycles. The van der Waals surface area contributed by atoms with E-state index in [1.807, 2.05) is 0 Å². The highest BCUT2D eigenvalue weighted by Gasteiger charge is 2.30. The van der Waals surface area contributed by atoms with Crippen LogP contribution in [0.4, 0.5) is 5.82 Å². The van der Waals surface area contributed by atoms with Crippen molar-refractivity contribution in [1.82, 2.24) is 15.3 Å². The molecule has 0 bridgehead atoms. The van der Waals surface area contributed by atoms with Gasteiger partial charge < -0.3 is 10.2 Å². The lowest BCUT2D eigenvalue weighted by Gasteiger charge is -2.41. The van der Waals surface area contributed by atoms with E-state index in [0.717, 1.165) is 25.9 Å². The largest absolute Gasteiger partial charge is 0.350 e. The number of rotatable bonds is 3. The summed E-state index contributed by atoms with van der Waals surface area (Å²) in [6.07, 6.45) is 7.63. The predicted octanol–water partition coefficient (Wildman–Crippen LogP) is 1.93. The van der Waals surface area contributed by atoms with Gasteiger partial charge in [0.25, 0.3) is 0 Å². The lowest BCUT2D eigenvalue weighted by molar-refractivity contribution is 0.376. The molecule has 1 aliphatic heterocycles. The summed E-state index contributed by atoms with van der Waals surface area (Å²) in [4.78, 5) is 11.6. The zero-order valence-electron chi connectivity index (χ0n) is 12.0. The van der Waals surface area contributed by atoms with Gasteiger partial charge in [-0.15, -0.1) is 0 Å². The SMILES string of the molecule is CCC1CN(c2ncnc3c2CCC3)C(CC)CN1. The Hall–Kier alpha value is -1.16. The van der Waals surface area contributed by atoms with Crippen LogP contribution in [-0.2, 0) is 12.8 Å². The number of aryl methyl sites for hydroxylation is 1. The van der Waals surface area contributed by atoms with Gasteiger partial charge in [-0.25, -0.2) is 9.97 Å². The Morgan fingerprint density at radius 1 is 1.26 bits per heavy atom. The van der Waals surface area contributed by atoms with Crippen LogP contribution in [0.25, 0.3) is 0 Å². The van der Waals surface area contributed by atoms with Crippen molar-refractivity contribution in [2.75, 3.05) is 18.0 Å². The predicted molar refractivity (Wildman–Crippen MR) is 77.6 cm³/mol. The number of nitrogens with one attached hydrogen (secondary N) is 1. The van der Waals surface area contributed by atoms with Crippen molar-refractivity contribution in [1.29, 1.82) is 0 Å². The van der Waals surface area contributed by atoms with E-state index in [4.69, 9.17) is 0 Å². The van der Waals surface area contributed by atoms with E-state index in [-0.39, 0.29) is 0 Å². The molecule has 3 rings (SSSR count). The van der Waals surface area contributed by atoms with Crippen LogP contribution in [0, 0.1) is 0 Å². The molecule has 0 saturated carbocycles. The Morgan fingerprint density at radius 2 is 2.16 bits per heavy atom. The Bertz CT molecular complexity index is 446. The van der Waals surface area contributed by atoms with Crippen molar-refractivity contribution in [3.63, 3.8) is 0 Å². The number of anilines is 1. The summed E-state index contributed by atoms with van der Waals surface area (Å²) in [7, 11) is 0. The normalized spacial score (nSPS) is 26.5. The number of hydrogen-bond acceptors (Lipinski definition) is 4. The first-order valence-electron chi connectivity index (χ1n) is 7.66. The fraction of sp³-hybridized carbons (Fsp3) is 0.733. The van der Waals surface area contributed by atoms with Crippen LogP contribution in [0.2, 0.25) is 0 Å². The van der Waals surface area contributed by atoms with Crippen molar-refractivity contribution in [2.24, 2.45) is 0 Å². The number of hydrogen-bond donors (Lipinski definition) is 1. The minimum absolute atomic E-state index is 0.572. The molecule has 2 heterocycles. The number of nitrogens with zero attached hydrogens (tertiary/aromatic N) is 3. The fourth-order valence-corrected chi connectivity index (χ4v) is 3.35. The van der Waals surface area contributed by atoms with Gasteiger partial charge in [-0.1, -0.05) is 13.8 Å². The molecule has 2 unspecified atom stereocenters. The molecular weight excluding hydrogens is 236 g/mol. The highest BCUT2D eigenvalue weighted by molar-refractivity contribution is 5.52. The van der Waals surface area contributed by atoms with Gasteiger partial charge in [0.1, 0.15) is 12.1 Å². The van der Waals surface area contributed by atoms with Gasteiger partial charge in [-0.3, -0.25) is 0 Å². The second-order valence-electron chi connectivity index (χ2n) is 5.70. The zero-order valence-corrected chi connectivity index (χ0v) is 12.0. The second-order valence-corrected chi connectivity index (χ2v) is 5.70. The Labute approximate surface area is 115 Å². The molecule has 1 aromatic rings.